The normalized spacial score (nSPS) is 16.5. The number of unbranched alkanes of at least 4 members (excludes halogenated alkanes) is 2. The van der Waals surface area contributed by atoms with E-state index >= 15 is 0 Å². The molecule has 26 heavy (non-hydrogen) atoms. The van der Waals surface area contributed by atoms with Gasteiger partial charge in [0.15, 0.2) is 0 Å². The molecule has 0 aliphatic heterocycles. The predicted molar refractivity (Wildman–Crippen MR) is 117 cm³/mol. The number of aromatic hydroxyl groups is 1. The van der Waals surface area contributed by atoms with E-state index in [-0.39, 0.29) is 5.92 Å². The van der Waals surface area contributed by atoms with Crippen LogP contribution in [0.25, 0.3) is 0 Å². The number of phenolic OH excluding ortho intramolecular Hbond substituents is 1. The molecule has 1 aromatic rings. The zero-order valence-corrected chi connectivity index (χ0v) is 18.5. The van der Waals surface area contributed by atoms with E-state index in [0.29, 0.717) is 11.5 Å². The first-order valence-corrected chi connectivity index (χ1v) is 12.4. The van der Waals surface area contributed by atoms with Gasteiger partial charge in [0.2, 0.25) is 0 Å². The monoisotopic (exact) mass is 416 g/mol. The zero-order chi connectivity index (χ0) is 19.5. The lowest BCUT2D eigenvalue weighted by molar-refractivity contribution is 0.453. The third-order valence-corrected chi connectivity index (χ3v) is 5.11. The molecule has 0 aromatic heterocycles. The van der Waals surface area contributed by atoms with Crippen molar-refractivity contribution in [3.05, 3.63) is 47.6 Å². The molecule has 0 saturated carbocycles. The van der Waals surface area contributed by atoms with Crippen LogP contribution in [0.5, 0.6) is 11.5 Å². The number of hydrogen-bond acceptors (Lipinski definition) is 2. The second-order valence-electron chi connectivity index (χ2n) is 6.70. The minimum absolute atomic E-state index is 0.173. The van der Waals surface area contributed by atoms with Gasteiger partial charge in [0.1, 0.15) is 11.5 Å². The lowest BCUT2D eigenvalue weighted by atomic mass is 9.84. The molecule has 0 bridgehead atoms. The van der Waals surface area contributed by atoms with Gasteiger partial charge in [-0.15, -0.1) is 6.58 Å². The number of rotatable bonds is 7. The van der Waals surface area contributed by atoms with Gasteiger partial charge in [-0.05, 0) is 86.1 Å². The Morgan fingerprint density at radius 3 is 2.62 bits per heavy atom. The molecular formula is C21H31Cl2O2P. The third-order valence-electron chi connectivity index (χ3n) is 4.36. The van der Waals surface area contributed by atoms with E-state index in [9.17, 15) is 5.11 Å². The zero-order valence-electron chi connectivity index (χ0n) is 16.1. The summed E-state index contributed by atoms with van der Waals surface area (Å²) in [5, 5.41) is 10.6. The molecule has 2 nitrogen and oxygen atoms in total. The molecule has 0 saturated heterocycles. The molecule has 2 rings (SSSR count). The van der Waals surface area contributed by atoms with Crippen LogP contribution in [-0.2, 0) is 6.42 Å². The maximum absolute atomic E-state index is 10.6. The maximum Gasteiger partial charge on any atom is 0.284 e. The molecule has 1 aromatic carbocycles. The van der Waals surface area contributed by atoms with Gasteiger partial charge in [0.25, 0.3) is 6.85 Å². The third kappa shape index (κ3) is 7.91. The van der Waals surface area contributed by atoms with Gasteiger partial charge in [-0.2, -0.15) is 0 Å². The fraction of sp³-hybridized carbons (Fsp3) is 0.524. The summed E-state index contributed by atoms with van der Waals surface area (Å²) in [6.45, 7) is 8.02. The lowest BCUT2D eigenvalue weighted by Crippen LogP contribution is -2.05. The average Bonchev–Trinajstić information content (AvgIpc) is 2.55. The molecule has 5 heteroatoms. The van der Waals surface area contributed by atoms with Gasteiger partial charge >= 0.3 is 0 Å². The van der Waals surface area contributed by atoms with Crippen molar-refractivity contribution < 1.29 is 9.63 Å². The Kier molecular flexibility index (Phi) is 11.4. The molecular weight excluding hydrogens is 386 g/mol. The van der Waals surface area contributed by atoms with Crippen molar-refractivity contribution >= 4 is 29.3 Å². The summed E-state index contributed by atoms with van der Waals surface area (Å²) in [6.07, 6.45) is 11.6. The number of hydrogen-bond donors (Lipinski definition) is 1. The second kappa shape index (κ2) is 12.7. The number of halogens is 2. The van der Waals surface area contributed by atoms with Crippen LogP contribution in [0.3, 0.4) is 0 Å². The van der Waals surface area contributed by atoms with Crippen LogP contribution in [0.1, 0.15) is 76.3 Å². The highest BCUT2D eigenvalue weighted by Crippen LogP contribution is 2.52. The summed E-state index contributed by atoms with van der Waals surface area (Å²) in [5.41, 5.74) is 3.27. The van der Waals surface area contributed by atoms with Crippen LogP contribution in [0.4, 0.5) is 0 Å². The molecule has 0 heterocycles. The number of aryl methyl sites for hydroxylation is 1. The van der Waals surface area contributed by atoms with Gasteiger partial charge in [-0.3, -0.25) is 0 Å². The first kappa shape index (κ1) is 23.3. The summed E-state index contributed by atoms with van der Waals surface area (Å²) in [4.78, 5) is 0. The Labute approximate surface area is 169 Å². The van der Waals surface area contributed by atoms with E-state index in [1.54, 1.807) is 6.08 Å². The van der Waals surface area contributed by atoms with E-state index in [1.807, 2.05) is 19.1 Å². The molecule has 0 amide bonds. The Hall–Kier alpha value is -0.690. The lowest BCUT2D eigenvalue weighted by Gasteiger charge is -2.24. The second-order valence-corrected chi connectivity index (χ2v) is 9.64. The van der Waals surface area contributed by atoms with Crippen molar-refractivity contribution in [2.45, 2.75) is 71.6 Å². The molecule has 1 aliphatic carbocycles. The fourth-order valence-corrected chi connectivity index (χ4v) is 4.00. The Balaban J connectivity index is 0.00000105. The summed E-state index contributed by atoms with van der Waals surface area (Å²) in [5.74, 6) is 1.12. The fourth-order valence-electron chi connectivity index (χ4n) is 3.25. The van der Waals surface area contributed by atoms with Crippen molar-refractivity contribution in [1.29, 1.82) is 0 Å². The minimum Gasteiger partial charge on any atom is -0.507 e. The molecule has 0 fully saturated rings. The molecule has 1 atom stereocenters. The molecule has 146 valence electrons. The SMILES string of the molecule is C=CC.CCCCCc1cc(O)c(C2C=C(C)CCC2)c(OP(Cl)Cl)c1. The molecule has 1 N–H and O–H groups in total. The topological polar surface area (TPSA) is 29.5 Å². The maximum atomic E-state index is 10.6. The minimum atomic E-state index is -1.55. The number of benzene rings is 1. The smallest absolute Gasteiger partial charge is 0.284 e. The van der Waals surface area contributed by atoms with Crippen molar-refractivity contribution in [3.8, 4) is 11.5 Å². The van der Waals surface area contributed by atoms with Gasteiger partial charge in [0, 0.05) is 11.5 Å². The van der Waals surface area contributed by atoms with Gasteiger partial charge in [-0.1, -0.05) is 37.5 Å². The van der Waals surface area contributed by atoms with Crippen LogP contribution in [-0.4, -0.2) is 5.11 Å². The molecule has 1 unspecified atom stereocenters. The summed E-state index contributed by atoms with van der Waals surface area (Å²) >= 11 is 11.8. The summed E-state index contributed by atoms with van der Waals surface area (Å²) in [7, 11) is 0. The Morgan fingerprint density at radius 2 is 2.04 bits per heavy atom. The van der Waals surface area contributed by atoms with Crippen LogP contribution in [0, 0.1) is 0 Å². The molecule has 0 spiro atoms. The van der Waals surface area contributed by atoms with E-state index < -0.39 is 6.85 Å². The van der Waals surface area contributed by atoms with Crippen molar-refractivity contribution in [2.75, 3.05) is 0 Å². The van der Waals surface area contributed by atoms with E-state index in [4.69, 9.17) is 27.0 Å². The van der Waals surface area contributed by atoms with Crippen molar-refractivity contribution in [3.63, 3.8) is 0 Å². The molecule has 0 radical (unpaired) electrons. The predicted octanol–water partition coefficient (Wildman–Crippen LogP) is 8.61. The first-order chi connectivity index (χ1) is 12.4. The Morgan fingerprint density at radius 1 is 1.35 bits per heavy atom. The van der Waals surface area contributed by atoms with Gasteiger partial charge < -0.3 is 9.63 Å². The molecule has 1 aliphatic rings. The van der Waals surface area contributed by atoms with Gasteiger partial charge in [-0.25, -0.2) is 0 Å². The van der Waals surface area contributed by atoms with Crippen LogP contribution in [0.15, 0.2) is 36.4 Å². The van der Waals surface area contributed by atoms with Crippen molar-refractivity contribution in [1.82, 2.24) is 0 Å². The average molecular weight is 417 g/mol. The van der Waals surface area contributed by atoms with Crippen LogP contribution >= 0.6 is 29.3 Å². The highest BCUT2D eigenvalue weighted by molar-refractivity contribution is 8.00. The van der Waals surface area contributed by atoms with Crippen LogP contribution in [0.2, 0.25) is 0 Å². The first-order valence-electron chi connectivity index (χ1n) is 9.32. The van der Waals surface area contributed by atoms with E-state index in [2.05, 4.69) is 26.5 Å². The standard InChI is InChI=1S/C18H25Cl2O2P.C3H6/c1-3-4-5-8-14-11-16(21)18(17(12-14)22-23(19)20)15-9-6-7-13(2)10-15;1-3-2/h10-12,15,21H,3-9H2,1-2H3;3H,1H2,2H3. The largest absolute Gasteiger partial charge is 0.507 e. The highest BCUT2D eigenvalue weighted by atomic mass is 35.9. The summed E-state index contributed by atoms with van der Waals surface area (Å²) < 4.78 is 5.67. The van der Waals surface area contributed by atoms with Crippen molar-refractivity contribution in [2.24, 2.45) is 0 Å². The number of phenols is 1. The highest BCUT2D eigenvalue weighted by Gasteiger charge is 2.23. The quantitative estimate of drug-likeness (QED) is 0.273. The van der Waals surface area contributed by atoms with Gasteiger partial charge in [0.05, 0.1) is 0 Å². The Bertz CT molecular complexity index is 600. The van der Waals surface area contributed by atoms with E-state index in [0.717, 1.165) is 43.2 Å². The van der Waals surface area contributed by atoms with E-state index in [1.165, 1.54) is 18.4 Å². The summed E-state index contributed by atoms with van der Waals surface area (Å²) in [6, 6.07) is 3.88. The van der Waals surface area contributed by atoms with Crippen LogP contribution < -0.4 is 4.52 Å². The number of allylic oxidation sites excluding steroid dienone is 3.